The first-order valence-corrected chi connectivity index (χ1v) is 10.1. The lowest BCUT2D eigenvalue weighted by Gasteiger charge is -2.23. The molecule has 1 saturated heterocycles. The maximum atomic E-state index is 12.7. The summed E-state index contributed by atoms with van der Waals surface area (Å²) in [6, 6.07) is 10.7. The SMILES string of the molecule is COc1ccc(S(=O)(=O)NCCC[NH+]2CCOCC2)c2ccccc12. The van der Waals surface area contributed by atoms with Gasteiger partial charge in [0, 0.05) is 23.7 Å². The van der Waals surface area contributed by atoms with Gasteiger partial charge in [0.15, 0.2) is 0 Å². The Morgan fingerprint density at radius 3 is 2.56 bits per heavy atom. The highest BCUT2D eigenvalue weighted by Crippen LogP contribution is 2.30. The Labute approximate surface area is 148 Å². The molecule has 0 saturated carbocycles. The molecule has 0 spiro atoms. The largest absolute Gasteiger partial charge is 0.496 e. The van der Waals surface area contributed by atoms with Gasteiger partial charge in [-0.15, -0.1) is 0 Å². The monoisotopic (exact) mass is 365 g/mol. The van der Waals surface area contributed by atoms with E-state index in [4.69, 9.17) is 9.47 Å². The maximum Gasteiger partial charge on any atom is 0.241 e. The van der Waals surface area contributed by atoms with Crippen molar-refractivity contribution in [2.45, 2.75) is 11.3 Å². The van der Waals surface area contributed by atoms with E-state index in [9.17, 15) is 8.42 Å². The normalized spacial score (nSPS) is 16.2. The summed E-state index contributed by atoms with van der Waals surface area (Å²) < 4.78 is 38.8. The molecule has 2 N–H and O–H groups in total. The average Bonchev–Trinajstić information content (AvgIpc) is 2.65. The van der Waals surface area contributed by atoms with Crippen LogP contribution in [-0.4, -0.2) is 54.9 Å². The number of benzene rings is 2. The number of quaternary nitrogens is 1. The number of fused-ring (bicyclic) bond motifs is 1. The Morgan fingerprint density at radius 2 is 1.84 bits per heavy atom. The molecule has 0 bridgehead atoms. The molecular formula is C18H25N2O4S+. The topological polar surface area (TPSA) is 69.1 Å². The zero-order valence-corrected chi connectivity index (χ0v) is 15.3. The minimum Gasteiger partial charge on any atom is -0.496 e. The number of rotatable bonds is 7. The van der Waals surface area contributed by atoms with Gasteiger partial charge in [-0.3, -0.25) is 0 Å². The van der Waals surface area contributed by atoms with Gasteiger partial charge in [-0.1, -0.05) is 24.3 Å². The summed E-state index contributed by atoms with van der Waals surface area (Å²) in [4.78, 5) is 1.77. The zero-order chi connectivity index (χ0) is 17.7. The summed E-state index contributed by atoms with van der Waals surface area (Å²) >= 11 is 0. The van der Waals surface area contributed by atoms with E-state index in [0.717, 1.165) is 44.7 Å². The van der Waals surface area contributed by atoms with Crippen molar-refractivity contribution in [1.82, 2.24) is 4.72 Å². The highest BCUT2D eigenvalue weighted by molar-refractivity contribution is 7.89. The Hall–Kier alpha value is -1.67. The second-order valence-corrected chi connectivity index (χ2v) is 7.91. The smallest absolute Gasteiger partial charge is 0.241 e. The number of nitrogens with one attached hydrogen (secondary N) is 2. The average molecular weight is 365 g/mol. The highest BCUT2D eigenvalue weighted by Gasteiger charge is 2.19. The fraction of sp³-hybridized carbons (Fsp3) is 0.444. The minimum absolute atomic E-state index is 0.294. The Balaban J connectivity index is 1.69. The van der Waals surface area contributed by atoms with Crippen LogP contribution < -0.4 is 14.4 Å². The lowest BCUT2D eigenvalue weighted by molar-refractivity contribution is -0.908. The van der Waals surface area contributed by atoms with Gasteiger partial charge in [-0.25, -0.2) is 13.1 Å². The van der Waals surface area contributed by atoms with E-state index < -0.39 is 10.0 Å². The van der Waals surface area contributed by atoms with Gasteiger partial charge in [0.05, 0.1) is 31.8 Å². The van der Waals surface area contributed by atoms with Gasteiger partial charge in [0.2, 0.25) is 10.0 Å². The third-order valence-electron chi connectivity index (χ3n) is 4.55. The molecular weight excluding hydrogens is 340 g/mol. The van der Waals surface area contributed by atoms with Crippen LogP contribution in [0, 0.1) is 0 Å². The molecule has 6 nitrogen and oxygen atoms in total. The standard InChI is InChI=1S/C18H24N2O4S/c1-23-17-7-8-18(16-6-3-2-5-15(16)17)25(21,22)19-9-4-10-20-11-13-24-14-12-20/h2-3,5-8,19H,4,9-14H2,1H3/p+1. The molecule has 1 aliphatic heterocycles. The predicted molar refractivity (Wildman–Crippen MR) is 96.7 cm³/mol. The molecule has 0 atom stereocenters. The minimum atomic E-state index is -3.55. The van der Waals surface area contributed by atoms with Crippen molar-refractivity contribution < 1.29 is 22.8 Å². The number of sulfonamides is 1. The van der Waals surface area contributed by atoms with Gasteiger partial charge < -0.3 is 14.4 Å². The van der Waals surface area contributed by atoms with Crippen molar-refractivity contribution in [1.29, 1.82) is 0 Å². The van der Waals surface area contributed by atoms with E-state index in [1.165, 1.54) is 4.90 Å². The molecule has 0 radical (unpaired) electrons. The molecule has 1 fully saturated rings. The summed E-state index contributed by atoms with van der Waals surface area (Å²) in [6.07, 6.45) is 0.808. The van der Waals surface area contributed by atoms with Crippen LogP contribution in [0.15, 0.2) is 41.3 Å². The Morgan fingerprint density at radius 1 is 1.12 bits per heavy atom. The molecule has 1 heterocycles. The van der Waals surface area contributed by atoms with E-state index in [1.807, 2.05) is 24.3 Å². The summed E-state index contributed by atoms with van der Waals surface area (Å²) in [7, 11) is -1.97. The lowest BCUT2D eigenvalue weighted by Crippen LogP contribution is -3.14. The quantitative estimate of drug-likeness (QED) is 0.699. The van der Waals surface area contributed by atoms with Crippen molar-refractivity contribution in [3.8, 4) is 5.75 Å². The van der Waals surface area contributed by atoms with Gasteiger partial charge >= 0.3 is 0 Å². The fourth-order valence-electron chi connectivity index (χ4n) is 3.19. The molecule has 3 rings (SSSR count). The zero-order valence-electron chi connectivity index (χ0n) is 14.5. The van der Waals surface area contributed by atoms with Crippen LogP contribution in [0.4, 0.5) is 0 Å². The molecule has 1 aliphatic rings. The van der Waals surface area contributed by atoms with Crippen molar-refractivity contribution in [3.63, 3.8) is 0 Å². The van der Waals surface area contributed by atoms with Crippen LogP contribution in [0.3, 0.4) is 0 Å². The summed E-state index contributed by atoms with van der Waals surface area (Å²) in [5.41, 5.74) is 0. The molecule has 0 aromatic heterocycles. The van der Waals surface area contributed by atoms with Crippen LogP contribution >= 0.6 is 0 Å². The number of methoxy groups -OCH3 is 1. The molecule has 0 aliphatic carbocycles. The van der Waals surface area contributed by atoms with Crippen LogP contribution in [0.1, 0.15) is 6.42 Å². The molecule has 25 heavy (non-hydrogen) atoms. The lowest BCUT2D eigenvalue weighted by atomic mass is 10.1. The van der Waals surface area contributed by atoms with Gasteiger partial charge in [-0.2, -0.15) is 0 Å². The van der Waals surface area contributed by atoms with Gasteiger partial charge in [0.1, 0.15) is 18.8 Å². The Kier molecular flexibility index (Phi) is 5.90. The van der Waals surface area contributed by atoms with Gasteiger partial charge in [0.25, 0.3) is 0 Å². The number of hydrogen-bond donors (Lipinski definition) is 2. The van der Waals surface area contributed by atoms with E-state index in [2.05, 4.69) is 4.72 Å². The second kappa shape index (κ2) is 8.14. The molecule has 0 amide bonds. The summed E-state index contributed by atoms with van der Waals surface area (Å²) in [5, 5.41) is 1.47. The van der Waals surface area contributed by atoms with Crippen molar-refractivity contribution in [3.05, 3.63) is 36.4 Å². The predicted octanol–water partition coefficient (Wildman–Crippen LogP) is 0.432. The summed E-state index contributed by atoms with van der Waals surface area (Å²) in [5.74, 6) is 0.672. The van der Waals surface area contributed by atoms with Crippen LogP contribution in [0.25, 0.3) is 10.8 Å². The van der Waals surface area contributed by atoms with Crippen molar-refractivity contribution in [2.24, 2.45) is 0 Å². The first-order valence-electron chi connectivity index (χ1n) is 8.58. The van der Waals surface area contributed by atoms with Crippen LogP contribution in [0.2, 0.25) is 0 Å². The third-order valence-corrected chi connectivity index (χ3v) is 6.07. The molecule has 136 valence electrons. The maximum absolute atomic E-state index is 12.7. The Bertz CT molecular complexity index is 817. The first-order chi connectivity index (χ1) is 12.1. The highest BCUT2D eigenvalue weighted by atomic mass is 32.2. The van der Waals surface area contributed by atoms with E-state index in [-0.39, 0.29) is 0 Å². The van der Waals surface area contributed by atoms with E-state index in [1.54, 1.807) is 19.2 Å². The number of ether oxygens (including phenoxy) is 2. The van der Waals surface area contributed by atoms with Crippen molar-refractivity contribution >= 4 is 20.8 Å². The fourth-order valence-corrected chi connectivity index (χ4v) is 4.47. The van der Waals surface area contributed by atoms with Crippen LogP contribution in [-0.2, 0) is 14.8 Å². The molecule has 2 aromatic carbocycles. The van der Waals surface area contributed by atoms with Gasteiger partial charge in [-0.05, 0) is 12.1 Å². The third kappa shape index (κ3) is 4.30. The summed E-state index contributed by atoms with van der Waals surface area (Å²) in [6.45, 7) is 4.96. The number of hydrogen-bond acceptors (Lipinski definition) is 4. The molecule has 7 heteroatoms. The number of morpholine rings is 1. The molecule has 2 aromatic rings. The van der Waals surface area contributed by atoms with Crippen molar-refractivity contribution in [2.75, 3.05) is 46.5 Å². The molecule has 0 unspecified atom stereocenters. The van der Waals surface area contributed by atoms with E-state index in [0.29, 0.717) is 22.6 Å². The first kappa shape index (κ1) is 18.1. The van der Waals surface area contributed by atoms with Crippen LogP contribution in [0.5, 0.6) is 5.75 Å². The van der Waals surface area contributed by atoms with E-state index >= 15 is 0 Å². The second-order valence-electron chi connectivity index (χ2n) is 6.18.